The highest BCUT2D eigenvalue weighted by atomic mass is 35.5. The molecule has 0 bridgehead atoms. The van der Waals surface area contributed by atoms with Gasteiger partial charge in [-0.2, -0.15) is 4.31 Å². The Bertz CT molecular complexity index is 1390. The van der Waals surface area contributed by atoms with Gasteiger partial charge < -0.3 is 20.1 Å². The Balaban J connectivity index is 1.27. The molecule has 37 heavy (non-hydrogen) atoms. The largest absolute Gasteiger partial charge is 0.346 e. The minimum absolute atomic E-state index is 0.0621. The van der Waals surface area contributed by atoms with E-state index in [1.165, 1.54) is 4.31 Å². The van der Waals surface area contributed by atoms with Crippen molar-refractivity contribution in [2.24, 2.45) is 0 Å². The van der Waals surface area contributed by atoms with E-state index in [1.54, 1.807) is 11.1 Å². The van der Waals surface area contributed by atoms with Gasteiger partial charge >= 0.3 is 0 Å². The lowest BCUT2D eigenvalue weighted by Gasteiger charge is -2.34. The van der Waals surface area contributed by atoms with Crippen LogP contribution in [0.15, 0.2) is 36.7 Å². The fourth-order valence-corrected chi connectivity index (χ4v) is 6.92. The molecule has 198 valence electrons. The molecule has 1 aromatic carbocycles. The van der Waals surface area contributed by atoms with Gasteiger partial charge in [-0.25, -0.2) is 13.4 Å². The number of aromatic amines is 1. The average Bonchev–Trinajstić information content (AvgIpc) is 3.34. The van der Waals surface area contributed by atoms with Crippen LogP contribution in [0.2, 0.25) is 5.02 Å². The summed E-state index contributed by atoms with van der Waals surface area (Å²) in [5.74, 6) is -0.167. The molecule has 1 amide bonds. The molecule has 0 spiro atoms. The zero-order chi connectivity index (χ0) is 26.0. The second-order valence-corrected chi connectivity index (χ2v) is 12.0. The van der Waals surface area contributed by atoms with Crippen LogP contribution in [0.3, 0.4) is 0 Å². The molecular formula is C26H33ClN6O3S. The van der Waals surface area contributed by atoms with Crippen LogP contribution < -0.4 is 10.2 Å². The number of carbonyl (C=O) groups is 1. The number of piperazine rings is 2. The average molecular weight is 545 g/mol. The first kappa shape index (κ1) is 26.1. The molecule has 9 nitrogen and oxygen atoms in total. The number of nitrogens with one attached hydrogen (secondary N) is 2. The third kappa shape index (κ3) is 5.53. The Morgan fingerprint density at radius 2 is 1.95 bits per heavy atom. The number of fused-ring (bicyclic) bond motifs is 1. The SMILES string of the molecule is CCc1c[nH]c2ncc(-c3cccc(N4CCN(S(=O)(=O)CCCN5CCNCC5)CC4=O)c3)c(Cl)c12. The summed E-state index contributed by atoms with van der Waals surface area (Å²) in [7, 11) is -3.49. The highest BCUT2D eigenvalue weighted by Crippen LogP contribution is 2.36. The van der Waals surface area contributed by atoms with Crippen molar-refractivity contribution in [3.05, 3.63) is 47.2 Å². The van der Waals surface area contributed by atoms with Gasteiger partial charge in [-0.05, 0) is 42.6 Å². The van der Waals surface area contributed by atoms with Crippen molar-refractivity contribution in [2.45, 2.75) is 19.8 Å². The Labute approximate surface area is 222 Å². The summed E-state index contributed by atoms with van der Waals surface area (Å²) < 4.78 is 27.2. The molecule has 2 aliphatic heterocycles. The number of pyridine rings is 1. The molecule has 3 aromatic rings. The van der Waals surface area contributed by atoms with Crippen molar-refractivity contribution in [3.63, 3.8) is 0 Å². The number of sulfonamides is 1. The number of hydrogen-bond acceptors (Lipinski definition) is 6. The van der Waals surface area contributed by atoms with Crippen LogP contribution in [0.5, 0.6) is 0 Å². The van der Waals surface area contributed by atoms with Gasteiger partial charge in [0.2, 0.25) is 15.9 Å². The van der Waals surface area contributed by atoms with Gasteiger partial charge in [-0.3, -0.25) is 4.79 Å². The number of aromatic nitrogens is 2. The summed E-state index contributed by atoms with van der Waals surface area (Å²) in [6.07, 6.45) is 5.08. The van der Waals surface area contributed by atoms with Crippen LogP contribution in [-0.2, 0) is 21.2 Å². The fraction of sp³-hybridized carbons (Fsp3) is 0.462. The van der Waals surface area contributed by atoms with E-state index in [-0.39, 0.29) is 24.7 Å². The number of nitrogens with zero attached hydrogens (tertiary/aromatic N) is 4. The number of benzene rings is 1. The molecule has 2 aliphatic rings. The molecule has 0 radical (unpaired) electrons. The normalized spacial score (nSPS) is 18.1. The van der Waals surface area contributed by atoms with Gasteiger partial charge in [0.1, 0.15) is 5.65 Å². The van der Waals surface area contributed by atoms with E-state index in [9.17, 15) is 13.2 Å². The molecule has 0 saturated carbocycles. The lowest BCUT2D eigenvalue weighted by atomic mass is 10.0. The monoisotopic (exact) mass is 544 g/mol. The number of aryl methyl sites for hydroxylation is 1. The van der Waals surface area contributed by atoms with Crippen molar-refractivity contribution in [1.82, 2.24) is 24.5 Å². The molecule has 11 heteroatoms. The molecule has 2 aromatic heterocycles. The Morgan fingerprint density at radius 1 is 1.14 bits per heavy atom. The summed E-state index contributed by atoms with van der Waals surface area (Å²) in [5, 5.41) is 4.84. The van der Waals surface area contributed by atoms with Gasteiger partial charge in [0.15, 0.2) is 0 Å². The Hall–Kier alpha value is -2.50. The summed E-state index contributed by atoms with van der Waals surface area (Å²) in [6, 6.07) is 7.62. The highest BCUT2D eigenvalue weighted by Gasteiger charge is 2.32. The summed E-state index contributed by atoms with van der Waals surface area (Å²) in [4.78, 5) is 24.7. The van der Waals surface area contributed by atoms with Crippen molar-refractivity contribution >= 4 is 44.3 Å². The molecule has 2 fully saturated rings. The number of carbonyl (C=O) groups excluding carboxylic acids is 1. The third-order valence-corrected chi connectivity index (χ3v) is 9.53. The fourth-order valence-electron chi connectivity index (χ4n) is 5.14. The molecule has 0 atom stereocenters. The zero-order valence-corrected chi connectivity index (χ0v) is 22.6. The lowest BCUT2D eigenvalue weighted by molar-refractivity contribution is -0.119. The number of halogens is 1. The van der Waals surface area contributed by atoms with Crippen LogP contribution >= 0.6 is 11.6 Å². The first-order chi connectivity index (χ1) is 17.9. The van der Waals surface area contributed by atoms with Crippen molar-refractivity contribution in [1.29, 1.82) is 0 Å². The highest BCUT2D eigenvalue weighted by molar-refractivity contribution is 7.89. The van der Waals surface area contributed by atoms with Crippen LogP contribution in [0, 0.1) is 0 Å². The van der Waals surface area contributed by atoms with Gasteiger partial charge in [0, 0.05) is 68.3 Å². The first-order valence-electron chi connectivity index (χ1n) is 12.8. The van der Waals surface area contributed by atoms with E-state index >= 15 is 0 Å². The molecule has 5 rings (SSSR count). The smallest absolute Gasteiger partial charge is 0.242 e. The van der Waals surface area contributed by atoms with E-state index < -0.39 is 10.0 Å². The quantitative estimate of drug-likeness (QED) is 0.452. The predicted molar refractivity (Wildman–Crippen MR) is 148 cm³/mol. The maximum atomic E-state index is 13.1. The predicted octanol–water partition coefficient (Wildman–Crippen LogP) is 2.72. The molecule has 2 N–H and O–H groups in total. The minimum Gasteiger partial charge on any atom is -0.346 e. The van der Waals surface area contributed by atoms with Crippen molar-refractivity contribution in [3.8, 4) is 11.1 Å². The second-order valence-electron chi connectivity index (χ2n) is 9.57. The number of H-pyrrole nitrogens is 1. The van der Waals surface area contributed by atoms with Crippen LogP contribution in [0.25, 0.3) is 22.2 Å². The third-order valence-electron chi connectivity index (χ3n) is 7.23. The first-order valence-corrected chi connectivity index (χ1v) is 14.8. The standard InChI is InChI=1S/C26H33ClN6O3S/c1-2-19-16-29-26-24(19)25(27)22(17-30-26)20-5-3-6-21(15-20)33-13-12-32(18-23(33)34)37(35,36)14-4-9-31-10-7-28-8-11-31/h3,5-6,15-17,28H,2,4,7-14,18H2,1H3,(H,29,30). The number of anilines is 1. The van der Waals surface area contributed by atoms with Gasteiger partial charge in [-0.15, -0.1) is 0 Å². The Morgan fingerprint density at radius 3 is 2.70 bits per heavy atom. The maximum Gasteiger partial charge on any atom is 0.242 e. The topological polar surface area (TPSA) is 102 Å². The molecule has 0 aliphatic carbocycles. The van der Waals surface area contributed by atoms with E-state index in [1.807, 2.05) is 30.5 Å². The molecule has 2 saturated heterocycles. The molecular weight excluding hydrogens is 512 g/mol. The number of amides is 1. The van der Waals surface area contributed by atoms with Crippen molar-refractivity contribution in [2.75, 3.05) is 63.0 Å². The van der Waals surface area contributed by atoms with Gasteiger partial charge in [-0.1, -0.05) is 30.7 Å². The number of hydrogen-bond donors (Lipinski definition) is 2. The molecule has 0 unspecified atom stereocenters. The van der Waals surface area contributed by atoms with Crippen LogP contribution in [0.1, 0.15) is 18.9 Å². The van der Waals surface area contributed by atoms with E-state index in [4.69, 9.17) is 11.6 Å². The second kappa shape index (κ2) is 11.1. The minimum atomic E-state index is -3.49. The van der Waals surface area contributed by atoms with Crippen LogP contribution in [-0.4, -0.2) is 91.6 Å². The van der Waals surface area contributed by atoms with Crippen molar-refractivity contribution < 1.29 is 13.2 Å². The van der Waals surface area contributed by atoms with Gasteiger partial charge in [0.05, 0.1) is 17.3 Å². The Kier molecular flexibility index (Phi) is 7.83. The van der Waals surface area contributed by atoms with E-state index in [0.717, 1.165) is 72.6 Å². The van der Waals surface area contributed by atoms with E-state index in [2.05, 4.69) is 27.1 Å². The summed E-state index contributed by atoms with van der Waals surface area (Å²) in [6.45, 7) is 7.04. The van der Waals surface area contributed by atoms with E-state index in [0.29, 0.717) is 18.0 Å². The molecule has 4 heterocycles. The summed E-state index contributed by atoms with van der Waals surface area (Å²) in [5.41, 5.74) is 4.23. The van der Waals surface area contributed by atoms with Crippen LogP contribution in [0.4, 0.5) is 5.69 Å². The van der Waals surface area contributed by atoms with Gasteiger partial charge in [0.25, 0.3) is 0 Å². The lowest BCUT2D eigenvalue weighted by Crippen LogP contribution is -2.53. The maximum absolute atomic E-state index is 13.1. The summed E-state index contributed by atoms with van der Waals surface area (Å²) >= 11 is 6.81. The zero-order valence-electron chi connectivity index (χ0n) is 21.0. The number of rotatable bonds is 8.